The number of ether oxygens (including phenoxy) is 3. The Labute approximate surface area is 182 Å². The van der Waals surface area contributed by atoms with Gasteiger partial charge in [0.1, 0.15) is 13.2 Å². The second-order valence-corrected chi connectivity index (χ2v) is 8.99. The van der Waals surface area contributed by atoms with Crippen molar-refractivity contribution in [3.63, 3.8) is 0 Å². The Morgan fingerprint density at radius 2 is 2.07 bits per heavy atom. The smallest absolute Gasteiger partial charge is 0.192 e. The molecule has 4 heterocycles. The van der Waals surface area contributed by atoms with E-state index >= 15 is 0 Å². The van der Waals surface area contributed by atoms with Crippen LogP contribution < -0.4 is 9.47 Å². The van der Waals surface area contributed by atoms with Crippen LogP contribution in [0.25, 0.3) is 10.7 Å². The molecule has 7 nitrogen and oxygen atoms in total. The fourth-order valence-electron chi connectivity index (χ4n) is 3.57. The molecule has 0 radical (unpaired) electrons. The molecule has 1 fully saturated rings. The third-order valence-electron chi connectivity index (χ3n) is 5.07. The normalized spacial score (nSPS) is 17.9. The van der Waals surface area contributed by atoms with Crippen molar-refractivity contribution in [2.45, 2.75) is 30.6 Å². The lowest BCUT2D eigenvalue weighted by molar-refractivity contribution is 0.0953. The number of nitrogens with zero attached hydrogens (tertiary/aromatic N) is 3. The molecule has 0 N–H and O–H groups in total. The van der Waals surface area contributed by atoms with Gasteiger partial charge in [-0.05, 0) is 42.5 Å². The maximum atomic E-state index is 12.8. The van der Waals surface area contributed by atoms with Crippen molar-refractivity contribution in [2.24, 2.45) is 0 Å². The Balaban J connectivity index is 1.33. The van der Waals surface area contributed by atoms with Crippen molar-refractivity contribution in [3.05, 3.63) is 41.3 Å². The number of ketones is 1. The van der Waals surface area contributed by atoms with Crippen LogP contribution in [0.2, 0.25) is 0 Å². The highest BCUT2D eigenvalue weighted by Gasteiger charge is 2.23. The lowest BCUT2D eigenvalue weighted by Crippen LogP contribution is -2.17. The molecule has 0 amide bonds. The van der Waals surface area contributed by atoms with Crippen molar-refractivity contribution < 1.29 is 19.0 Å². The van der Waals surface area contributed by atoms with Crippen molar-refractivity contribution in [3.8, 4) is 22.2 Å². The summed E-state index contributed by atoms with van der Waals surface area (Å²) in [6.45, 7) is 2.52. The first kappa shape index (κ1) is 19.6. The fraction of sp³-hybridized carbons (Fsp3) is 0.381. The minimum Gasteiger partial charge on any atom is -0.486 e. The van der Waals surface area contributed by atoms with Gasteiger partial charge in [0, 0.05) is 12.2 Å². The summed E-state index contributed by atoms with van der Waals surface area (Å²) in [6, 6.07) is 9.37. The Hall–Kier alpha value is -2.36. The number of carbonyl (C=O) groups is 1. The summed E-state index contributed by atoms with van der Waals surface area (Å²) in [6.07, 6.45) is 2.27. The summed E-state index contributed by atoms with van der Waals surface area (Å²) in [4.78, 5) is 13.9. The Bertz CT molecular complexity index is 1030. The van der Waals surface area contributed by atoms with Gasteiger partial charge in [-0.15, -0.1) is 21.5 Å². The topological polar surface area (TPSA) is 75.5 Å². The molecule has 156 valence electrons. The van der Waals surface area contributed by atoms with Gasteiger partial charge in [-0.2, -0.15) is 0 Å². The number of thiophene rings is 1. The van der Waals surface area contributed by atoms with Crippen LogP contribution >= 0.6 is 23.1 Å². The molecule has 0 spiro atoms. The molecular formula is C21H21N3O4S2. The average molecular weight is 444 g/mol. The molecule has 1 aromatic carbocycles. The van der Waals surface area contributed by atoms with Crippen LogP contribution in [0.5, 0.6) is 11.5 Å². The summed E-state index contributed by atoms with van der Waals surface area (Å²) in [5, 5.41) is 11.6. The molecule has 30 heavy (non-hydrogen) atoms. The molecule has 2 aliphatic heterocycles. The zero-order valence-electron chi connectivity index (χ0n) is 16.3. The maximum Gasteiger partial charge on any atom is 0.192 e. The van der Waals surface area contributed by atoms with Crippen molar-refractivity contribution >= 4 is 28.9 Å². The lowest BCUT2D eigenvalue weighted by Gasteiger charge is -2.18. The first-order valence-corrected chi connectivity index (χ1v) is 11.8. The highest BCUT2D eigenvalue weighted by molar-refractivity contribution is 7.99. The van der Waals surface area contributed by atoms with Crippen molar-refractivity contribution in [1.82, 2.24) is 14.8 Å². The molecule has 3 aromatic rings. The van der Waals surface area contributed by atoms with Crippen molar-refractivity contribution in [2.75, 3.05) is 25.6 Å². The average Bonchev–Trinajstić information content (AvgIpc) is 3.54. The van der Waals surface area contributed by atoms with Gasteiger partial charge in [-0.3, -0.25) is 9.36 Å². The molecule has 1 atom stereocenters. The highest BCUT2D eigenvalue weighted by Crippen LogP contribution is 2.32. The highest BCUT2D eigenvalue weighted by atomic mass is 32.2. The molecule has 2 aliphatic rings. The van der Waals surface area contributed by atoms with Gasteiger partial charge in [0.25, 0.3) is 0 Å². The molecule has 9 heteroatoms. The van der Waals surface area contributed by atoms with Crippen LogP contribution in [0.1, 0.15) is 23.2 Å². The number of rotatable bonds is 7. The van der Waals surface area contributed by atoms with Gasteiger partial charge in [0.15, 0.2) is 28.3 Å². The van der Waals surface area contributed by atoms with E-state index in [2.05, 4.69) is 14.8 Å². The number of thioether (sulfide) groups is 1. The molecule has 1 unspecified atom stereocenters. The number of hydrogen-bond donors (Lipinski definition) is 0. The van der Waals surface area contributed by atoms with E-state index in [1.165, 1.54) is 11.8 Å². The predicted molar refractivity (Wildman–Crippen MR) is 115 cm³/mol. The van der Waals surface area contributed by atoms with Crippen molar-refractivity contribution in [1.29, 1.82) is 0 Å². The Morgan fingerprint density at radius 3 is 2.87 bits per heavy atom. The number of fused-ring (bicyclic) bond motifs is 1. The van der Waals surface area contributed by atoms with Gasteiger partial charge in [-0.1, -0.05) is 17.8 Å². The van der Waals surface area contributed by atoms with Gasteiger partial charge in [0.2, 0.25) is 0 Å². The second kappa shape index (κ2) is 8.79. The minimum absolute atomic E-state index is 0.0151. The van der Waals surface area contributed by atoms with E-state index in [1.54, 1.807) is 29.5 Å². The third-order valence-corrected chi connectivity index (χ3v) is 6.90. The van der Waals surface area contributed by atoms with E-state index < -0.39 is 0 Å². The van der Waals surface area contributed by atoms with E-state index in [9.17, 15) is 4.79 Å². The Morgan fingerprint density at radius 1 is 1.17 bits per heavy atom. The molecule has 0 bridgehead atoms. The maximum absolute atomic E-state index is 12.8. The van der Waals surface area contributed by atoms with Crippen LogP contribution in [0.3, 0.4) is 0 Å². The molecule has 2 aromatic heterocycles. The van der Waals surface area contributed by atoms with Gasteiger partial charge < -0.3 is 14.2 Å². The SMILES string of the molecule is O=C(CSc1nnc(-c2cccs2)n1CC1CCCO1)c1ccc2c(c1)OCCO2. The summed E-state index contributed by atoms with van der Waals surface area (Å²) < 4.78 is 19.0. The number of Topliss-reactive ketones (excluding diaryl/α,β-unsaturated/α-hetero) is 1. The first-order valence-electron chi connectivity index (χ1n) is 9.92. The zero-order valence-corrected chi connectivity index (χ0v) is 17.9. The molecule has 1 saturated heterocycles. The minimum atomic E-state index is 0.0151. The summed E-state index contributed by atoms with van der Waals surface area (Å²) in [5.74, 6) is 2.42. The zero-order chi connectivity index (χ0) is 20.3. The van der Waals surface area contributed by atoms with E-state index in [0.717, 1.165) is 35.3 Å². The predicted octanol–water partition coefficient (Wildman–Crippen LogP) is 3.93. The summed E-state index contributed by atoms with van der Waals surface area (Å²) in [7, 11) is 0. The van der Waals surface area contributed by atoms with Gasteiger partial charge in [-0.25, -0.2) is 0 Å². The monoisotopic (exact) mass is 443 g/mol. The van der Waals surface area contributed by atoms with E-state index in [1.807, 2.05) is 17.5 Å². The van der Waals surface area contributed by atoms with Crippen LogP contribution in [0.4, 0.5) is 0 Å². The van der Waals surface area contributed by atoms with Crippen LogP contribution in [0.15, 0.2) is 40.9 Å². The number of carbonyl (C=O) groups excluding carboxylic acids is 1. The molecule has 5 rings (SSSR count). The summed E-state index contributed by atoms with van der Waals surface area (Å²) >= 11 is 3.04. The van der Waals surface area contributed by atoms with E-state index in [4.69, 9.17) is 14.2 Å². The number of hydrogen-bond acceptors (Lipinski definition) is 8. The summed E-state index contributed by atoms with van der Waals surface area (Å²) in [5.41, 5.74) is 0.607. The fourth-order valence-corrected chi connectivity index (χ4v) is 5.13. The third kappa shape index (κ3) is 4.10. The van der Waals surface area contributed by atoms with Gasteiger partial charge in [0.05, 0.1) is 23.3 Å². The van der Waals surface area contributed by atoms with Crippen LogP contribution in [0, 0.1) is 0 Å². The molecule has 0 aliphatic carbocycles. The van der Waals surface area contributed by atoms with E-state index in [-0.39, 0.29) is 17.6 Å². The first-order chi connectivity index (χ1) is 14.8. The number of aromatic nitrogens is 3. The van der Waals surface area contributed by atoms with Crippen LogP contribution in [-0.2, 0) is 11.3 Å². The Kier molecular flexibility index (Phi) is 5.74. The second-order valence-electron chi connectivity index (χ2n) is 7.10. The molecule has 0 saturated carbocycles. The quantitative estimate of drug-likeness (QED) is 0.404. The molecular weight excluding hydrogens is 422 g/mol. The number of benzene rings is 1. The van der Waals surface area contributed by atoms with Crippen LogP contribution in [-0.4, -0.2) is 52.2 Å². The van der Waals surface area contributed by atoms with Gasteiger partial charge >= 0.3 is 0 Å². The standard InChI is InChI=1S/C21H21N3O4S2/c25-16(14-5-6-17-18(11-14)28-9-8-27-17)13-30-21-23-22-20(19-4-2-10-29-19)24(21)12-15-3-1-7-26-15/h2,4-6,10-11,15H,1,3,7-9,12-13H2. The lowest BCUT2D eigenvalue weighted by atomic mass is 10.1. The van der Waals surface area contributed by atoms with E-state index in [0.29, 0.717) is 36.8 Å². The largest absolute Gasteiger partial charge is 0.486 e.